The molecule has 0 saturated carbocycles. The molecule has 2 rings (SSSR count). The Labute approximate surface area is 151 Å². The van der Waals surface area contributed by atoms with Crippen molar-refractivity contribution in [1.82, 2.24) is 10.2 Å². The highest BCUT2D eigenvalue weighted by Crippen LogP contribution is 2.37. The molecule has 0 bridgehead atoms. The van der Waals surface area contributed by atoms with E-state index in [0.29, 0.717) is 0 Å². The lowest BCUT2D eigenvalue weighted by Crippen LogP contribution is -2.44. The molecule has 0 fully saturated rings. The maximum atomic E-state index is 5.63. The largest absolute Gasteiger partial charge is 0.493 e. The predicted molar refractivity (Wildman–Crippen MR) is 103 cm³/mol. The molecule has 4 nitrogen and oxygen atoms in total. The smallest absolute Gasteiger partial charge is 0.169 e. The number of benzene rings is 1. The summed E-state index contributed by atoms with van der Waals surface area (Å²) in [5.74, 6) is 1.58. The molecule has 1 aromatic rings. The van der Waals surface area contributed by atoms with Gasteiger partial charge in [0.2, 0.25) is 0 Å². The molecule has 5 heteroatoms. The number of unbranched alkanes of at least 4 members (excludes halogenated alkanes) is 3. The van der Waals surface area contributed by atoms with E-state index >= 15 is 0 Å². The first kappa shape index (κ1) is 18.8. The van der Waals surface area contributed by atoms with Gasteiger partial charge in [-0.25, -0.2) is 0 Å². The van der Waals surface area contributed by atoms with Crippen LogP contribution in [0.4, 0.5) is 0 Å². The van der Waals surface area contributed by atoms with Crippen LogP contribution in [0.15, 0.2) is 12.1 Å². The number of nitrogens with one attached hydrogen (secondary N) is 1. The number of thiocarbonyl (C=S) groups is 1. The Morgan fingerprint density at radius 1 is 1.21 bits per heavy atom. The zero-order chi connectivity index (χ0) is 17.5. The second-order valence-electron chi connectivity index (χ2n) is 6.32. The lowest BCUT2D eigenvalue weighted by atomic mass is 9.93. The van der Waals surface area contributed by atoms with E-state index in [9.17, 15) is 0 Å². The summed E-state index contributed by atoms with van der Waals surface area (Å²) in [6.45, 7) is 6.33. The average molecular weight is 351 g/mol. The van der Waals surface area contributed by atoms with Crippen molar-refractivity contribution in [3.63, 3.8) is 0 Å². The molecule has 1 N–H and O–H groups in total. The van der Waals surface area contributed by atoms with Crippen LogP contribution in [0.3, 0.4) is 0 Å². The summed E-state index contributed by atoms with van der Waals surface area (Å²) in [5, 5.41) is 4.29. The lowest BCUT2D eigenvalue weighted by Gasteiger charge is -2.37. The molecule has 134 valence electrons. The Balaban J connectivity index is 2.03. The third-order valence-corrected chi connectivity index (χ3v) is 5.13. The van der Waals surface area contributed by atoms with Crippen LogP contribution in [-0.4, -0.2) is 37.3 Å². The van der Waals surface area contributed by atoms with Crippen molar-refractivity contribution in [3.05, 3.63) is 23.3 Å². The van der Waals surface area contributed by atoms with Crippen LogP contribution in [0.5, 0.6) is 11.5 Å². The maximum Gasteiger partial charge on any atom is 0.169 e. The Morgan fingerprint density at radius 3 is 2.58 bits per heavy atom. The summed E-state index contributed by atoms with van der Waals surface area (Å²) in [6.07, 6.45) is 5.97. The number of fused-ring (bicyclic) bond motifs is 1. The highest BCUT2D eigenvalue weighted by Gasteiger charge is 2.27. The fourth-order valence-electron chi connectivity index (χ4n) is 3.27. The molecular weight excluding hydrogens is 320 g/mol. The lowest BCUT2D eigenvalue weighted by molar-refractivity contribution is 0.308. The molecule has 24 heavy (non-hydrogen) atoms. The number of hydrogen-bond donors (Lipinski definition) is 1. The summed E-state index contributed by atoms with van der Waals surface area (Å²) in [4.78, 5) is 2.28. The summed E-state index contributed by atoms with van der Waals surface area (Å²) in [7, 11) is 3.36. The van der Waals surface area contributed by atoms with Gasteiger partial charge in [-0.15, -0.1) is 0 Å². The molecule has 0 spiro atoms. The molecule has 1 unspecified atom stereocenters. The Morgan fingerprint density at radius 2 is 1.92 bits per heavy atom. The molecule has 1 aliphatic rings. The van der Waals surface area contributed by atoms with Crippen LogP contribution in [0.2, 0.25) is 0 Å². The molecule has 0 aromatic heterocycles. The van der Waals surface area contributed by atoms with E-state index in [1.807, 2.05) is 0 Å². The minimum atomic E-state index is 0.240. The van der Waals surface area contributed by atoms with Crippen LogP contribution >= 0.6 is 12.2 Å². The highest BCUT2D eigenvalue weighted by molar-refractivity contribution is 7.80. The fraction of sp³-hybridized carbons (Fsp3) is 0.632. The van der Waals surface area contributed by atoms with Crippen molar-refractivity contribution >= 4 is 17.3 Å². The van der Waals surface area contributed by atoms with Crippen LogP contribution < -0.4 is 14.8 Å². The first-order valence-electron chi connectivity index (χ1n) is 8.91. The zero-order valence-electron chi connectivity index (χ0n) is 15.4. The molecule has 1 atom stereocenters. The van der Waals surface area contributed by atoms with Crippen molar-refractivity contribution in [2.45, 2.75) is 52.0 Å². The standard InChI is InChI=1S/C19H30N2O2S/c1-5-6-7-8-10-20-19(24)21-11-9-15-12-17(22-3)18(23-4)13-16(15)14(21)2/h12-14H,5-11H2,1-4H3,(H,20,24). The van der Waals surface area contributed by atoms with Gasteiger partial charge in [-0.3, -0.25) is 0 Å². The molecule has 1 aromatic carbocycles. The number of ether oxygens (including phenoxy) is 2. The first-order valence-corrected chi connectivity index (χ1v) is 9.32. The second kappa shape index (κ2) is 9.11. The zero-order valence-corrected chi connectivity index (χ0v) is 16.2. The number of methoxy groups -OCH3 is 2. The minimum absolute atomic E-state index is 0.240. The summed E-state index contributed by atoms with van der Waals surface area (Å²) >= 11 is 5.63. The minimum Gasteiger partial charge on any atom is -0.493 e. The fourth-order valence-corrected chi connectivity index (χ4v) is 3.62. The van der Waals surface area contributed by atoms with Gasteiger partial charge >= 0.3 is 0 Å². The summed E-state index contributed by atoms with van der Waals surface area (Å²) in [5.41, 5.74) is 2.59. The Hall–Kier alpha value is -1.49. The van der Waals surface area contributed by atoms with Gasteiger partial charge in [0.25, 0.3) is 0 Å². The third-order valence-electron chi connectivity index (χ3n) is 4.75. The average Bonchev–Trinajstić information content (AvgIpc) is 2.60. The van der Waals surface area contributed by atoms with E-state index in [4.69, 9.17) is 21.7 Å². The van der Waals surface area contributed by atoms with Gasteiger partial charge in [-0.2, -0.15) is 0 Å². The van der Waals surface area contributed by atoms with E-state index in [-0.39, 0.29) is 6.04 Å². The first-order chi connectivity index (χ1) is 11.6. The van der Waals surface area contributed by atoms with Crippen molar-refractivity contribution in [1.29, 1.82) is 0 Å². The maximum absolute atomic E-state index is 5.63. The topological polar surface area (TPSA) is 33.7 Å². The predicted octanol–water partition coefficient (Wildman–Crippen LogP) is 4.08. The van der Waals surface area contributed by atoms with Gasteiger partial charge in [0.15, 0.2) is 16.6 Å². The van der Waals surface area contributed by atoms with Crippen LogP contribution in [0, 0.1) is 0 Å². The summed E-state index contributed by atoms with van der Waals surface area (Å²) in [6, 6.07) is 4.43. The molecule has 1 heterocycles. The Bertz CT molecular complexity index is 563. The van der Waals surface area contributed by atoms with E-state index in [2.05, 4.69) is 36.2 Å². The van der Waals surface area contributed by atoms with Crippen molar-refractivity contribution in [2.75, 3.05) is 27.3 Å². The van der Waals surface area contributed by atoms with E-state index < -0.39 is 0 Å². The normalized spacial score (nSPS) is 16.5. The van der Waals surface area contributed by atoms with Gasteiger partial charge in [0.05, 0.1) is 20.3 Å². The van der Waals surface area contributed by atoms with Gasteiger partial charge in [-0.1, -0.05) is 26.2 Å². The van der Waals surface area contributed by atoms with Gasteiger partial charge in [0.1, 0.15) is 0 Å². The SMILES string of the molecule is CCCCCCNC(=S)N1CCc2cc(OC)c(OC)cc2C1C. The molecule has 0 aliphatic carbocycles. The molecule has 0 radical (unpaired) electrons. The van der Waals surface area contributed by atoms with Crippen LogP contribution in [-0.2, 0) is 6.42 Å². The number of nitrogens with zero attached hydrogens (tertiary/aromatic N) is 1. The number of rotatable bonds is 7. The quantitative estimate of drug-likeness (QED) is 0.592. The van der Waals surface area contributed by atoms with Gasteiger partial charge in [0, 0.05) is 13.1 Å². The van der Waals surface area contributed by atoms with Crippen LogP contribution in [0.1, 0.15) is 56.7 Å². The van der Waals surface area contributed by atoms with Gasteiger partial charge in [-0.05, 0) is 55.2 Å². The third kappa shape index (κ3) is 4.32. The highest BCUT2D eigenvalue weighted by atomic mass is 32.1. The van der Waals surface area contributed by atoms with E-state index in [0.717, 1.165) is 36.1 Å². The number of hydrogen-bond acceptors (Lipinski definition) is 3. The molecule has 0 amide bonds. The van der Waals surface area contributed by atoms with Crippen molar-refractivity contribution < 1.29 is 9.47 Å². The van der Waals surface area contributed by atoms with Crippen LogP contribution in [0.25, 0.3) is 0 Å². The monoisotopic (exact) mass is 350 g/mol. The van der Waals surface area contributed by atoms with E-state index in [1.54, 1.807) is 14.2 Å². The molecular formula is C19H30N2O2S. The van der Waals surface area contributed by atoms with Crippen molar-refractivity contribution in [3.8, 4) is 11.5 Å². The van der Waals surface area contributed by atoms with Gasteiger partial charge < -0.3 is 19.7 Å². The molecule has 1 aliphatic heterocycles. The second-order valence-corrected chi connectivity index (χ2v) is 6.70. The van der Waals surface area contributed by atoms with E-state index in [1.165, 1.54) is 36.8 Å². The summed E-state index contributed by atoms with van der Waals surface area (Å²) < 4.78 is 10.9. The van der Waals surface area contributed by atoms with Crippen molar-refractivity contribution in [2.24, 2.45) is 0 Å². The molecule has 0 saturated heterocycles. The Kier molecular flexibility index (Phi) is 7.16.